The van der Waals surface area contributed by atoms with Gasteiger partial charge in [-0.1, -0.05) is 0 Å². The van der Waals surface area contributed by atoms with E-state index in [1.807, 2.05) is 20.8 Å². The molecule has 1 saturated heterocycles. The van der Waals surface area contributed by atoms with E-state index in [2.05, 4.69) is 5.32 Å². The number of nitrogens with one attached hydrogen (secondary N) is 1. The number of hydrogen-bond acceptors (Lipinski definition) is 6. The van der Waals surface area contributed by atoms with Crippen molar-refractivity contribution in [2.24, 2.45) is 0 Å². The van der Waals surface area contributed by atoms with Crippen LogP contribution in [0, 0.1) is 0 Å². The minimum atomic E-state index is -0.522. The lowest BCUT2D eigenvalue weighted by Crippen LogP contribution is -2.47. The zero-order valence-electron chi connectivity index (χ0n) is 17.5. The van der Waals surface area contributed by atoms with Gasteiger partial charge in [0.05, 0.1) is 26.9 Å². The summed E-state index contributed by atoms with van der Waals surface area (Å²) >= 11 is 0. The molecule has 0 spiro atoms. The molecule has 1 N–H and O–H groups in total. The van der Waals surface area contributed by atoms with Crippen molar-refractivity contribution in [2.75, 3.05) is 34.4 Å². The van der Waals surface area contributed by atoms with Gasteiger partial charge in [-0.2, -0.15) is 0 Å². The van der Waals surface area contributed by atoms with Gasteiger partial charge in [0, 0.05) is 31.3 Å². The standard InChI is InChI=1S/C20H30N2O6/c1-20(2,3)28-19(24)22-9-7-13(8-10-22)21-18(23)14-11-16(26-5)17(27-6)12-15(14)25-4/h11-13H,7-10H2,1-6H3,(H,21,23). The molecule has 0 atom stereocenters. The van der Waals surface area contributed by atoms with Gasteiger partial charge in [0.2, 0.25) is 0 Å². The lowest BCUT2D eigenvalue weighted by Gasteiger charge is -2.33. The molecule has 1 fully saturated rings. The first-order valence-corrected chi connectivity index (χ1v) is 9.27. The summed E-state index contributed by atoms with van der Waals surface area (Å²) in [5.74, 6) is 1.09. The van der Waals surface area contributed by atoms with E-state index in [1.54, 1.807) is 17.0 Å². The number of amides is 2. The highest BCUT2D eigenvalue weighted by Gasteiger charge is 2.28. The maximum atomic E-state index is 12.8. The van der Waals surface area contributed by atoms with Crippen molar-refractivity contribution in [3.63, 3.8) is 0 Å². The average Bonchev–Trinajstić information content (AvgIpc) is 2.65. The van der Waals surface area contributed by atoms with Crippen molar-refractivity contribution >= 4 is 12.0 Å². The van der Waals surface area contributed by atoms with E-state index in [0.717, 1.165) is 0 Å². The third-order valence-electron chi connectivity index (χ3n) is 4.43. The maximum absolute atomic E-state index is 12.8. The molecule has 2 rings (SSSR count). The quantitative estimate of drug-likeness (QED) is 0.826. The molecule has 1 aromatic rings. The number of methoxy groups -OCH3 is 3. The number of ether oxygens (including phenoxy) is 4. The molecule has 0 bridgehead atoms. The summed E-state index contributed by atoms with van der Waals surface area (Å²) < 4.78 is 21.2. The highest BCUT2D eigenvalue weighted by Crippen LogP contribution is 2.34. The molecule has 1 aromatic carbocycles. The van der Waals surface area contributed by atoms with Gasteiger partial charge in [-0.25, -0.2) is 4.79 Å². The Labute approximate surface area is 166 Å². The third kappa shape index (κ3) is 5.43. The van der Waals surface area contributed by atoms with Gasteiger partial charge < -0.3 is 29.2 Å². The summed E-state index contributed by atoms with van der Waals surface area (Å²) in [4.78, 5) is 26.6. The van der Waals surface area contributed by atoms with Crippen LogP contribution in [0.5, 0.6) is 17.2 Å². The summed E-state index contributed by atoms with van der Waals surface area (Å²) in [7, 11) is 4.53. The molecule has 1 aliphatic heterocycles. The number of likely N-dealkylation sites (tertiary alicyclic amines) is 1. The Hall–Kier alpha value is -2.64. The van der Waals surface area contributed by atoms with Gasteiger partial charge in [-0.15, -0.1) is 0 Å². The first-order valence-electron chi connectivity index (χ1n) is 9.27. The first kappa shape index (κ1) is 21.7. The Bertz CT molecular complexity index is 705. The Kier molecular flexibility index (Phi) is 6.99. The molecule has 2 amide bonds. The monoisotopic (exact) mass is 394 g/mol. The lowest BCUT2D eigenvalue weighted by molar-refractivity contribution is 0.0199. The number of hydrogen-bond donors (Lipinski definition) is 1. The summed E-state index contributed by atoms with van der Waals surface area (Å²) in [5, 5.41) is 3.01. The van der Waals surface area contributed by atoms with Crippen LogP contribution in [-0.4, -0.2) is 63.0 Å². The zero-order valence-corrected chi connectivity index (χ0v) is 17.5. The number of piperidine rings is 1. The molecule has 28 heavy (non-hydrogen) atoms. The van der Waals surface area contributed by atoms with Crippen molar-refractivity contribution in [1.29, 1.82) is 0 Å². The second kappa shape index (κ2) is 9.03. The zero-order chi connectivity index (χ0) is 20.9. The predicted octanol–water partition coefficient (Wildman–Crippen LogP) is 2.84. The Balaban J connectivity index is 2.00. The Morgan fingerprint density at radius 2 is 1.50 bits per heavy atom. The maximum Gasteiger partial charge on any atom is 0.410 e. The Morgan fingerprint density at radius 3 is 2.00 bits per heavy atom. The van der Waals surface area contributed by atoms with Gasteiger partial charge >= 0.3 is 6.09 Å². The second-order valence-electron chi connectivity index (χ2n) is 7.62. The number of carbonyl (C=O) groups is 2. The molecular weight excluding hydrogens is 364 g/mol. The molecule has 0 aliphatic carbocycles. The summed E-state index contributed by atoms with van der Waals surface area (Å²) in [6, 6.07) is 3.19. The van der Waals surface area contributed by atoms with Crippen LogP contribution in [0.15, 0.2) is 12.1 Å². The van der Waals surface area contributed by atoms with E-state index in [9.17, 15) is 9.59 Å². The fraction of sp³-hybridized carbons (Fsp3) is 0.600. The van der Waals surface area contributed by atoms with E-state index in [1.165, 1.54) is 21.3 Å². The van der Waals surface area contributed by atoms with Crippen LogP contribution in [-0.2, 0) is 4.74 Å². The van der Waals surface area contributed by atoms with Crippen LogP contribution < -0.4 is 19.5 Å². The van der Waals surface area contributed by atoms with Crippen molar-refractivity contribution in [3.05, 3.63) is 17.7 Å². The van der Waals surface area contributed by atoms with Crippen molar-refractivity contribution < 1.29 is 28.5 Å². The Morgan fingerprint density at radius 1 is 0.964 bits per heavy atom. The normalized spacial score (nSPS) is 15.0. The molecule has 0 unspecified atom stereocenters. The number of benzene rings is 1. The van der Waals surface area contributed by atoms with Gasteiger partial charge in [-0.3, -0.25) is 4.79 Å². The summed E-state index contributed by atoms with van der Waals surface area (Å²) in [5.41, 5.74) is -0.152. The van der Waals surface area contributed by atoms with Gasteiger partial charge in [0.1, 0.15) is 11.4 Å². The van der Waals surface area contributed by atoms with Crippen LogP contribution in [0.3, 0.4) is 0 Å². The van der Waals surface area contributed by atoms with Crippen LogP contribution in [0.2, 0.25) is 0 Å². The highest BCUT2D eigenvalue weighted by molar-refractivity contribution is 5.98. The highest BCUT2D eigenvalue weighted by atomic mass is 16.6. The molecule has 1 heterocycles. The van der Waals surface area contributed by atoms with Crippen LogP contribution in [0.25, 0.3) is 0 Å². The van der Waals surface area contributed by atoms with Crippen molar-refractivity contribution in [1.82, 2.24) is 10.2 Å². The fourth-order valence-corrected chi connectivity index (χ4v) is 3.00. The molecular formula is C20H30N2O6. The number of carbonyl (C=O) groups excluding carboxylic acids is 2. The van der Waals surface area contributed by atoms with Gasteiger partial charge in [-0.05, 0) is 33.6 Å². The topological polar surface area (TPSA) is 86.3 Å². The van der Waals surface area contributed by atoms with Gasteiger partial charge in [0.15, 0.2) is 11.5 Å². The van der Waals surface area contributed by atoms with Crippen molar-refractivity contribution in [2.45, 2.75) is 45.3 Å². The van der Waals surface area contributed by atoms with Crippen LogP contribution >= 0.6 is 0 Å². The second-order valence-corrected chi connectivity index (χ2v) is 7.62. The fourth-order valence-electron chi connectivity index (χ4n) is 3.00. The molecule has 0 aromatic heterocycles. The minimum absolute atomic E-state index is 0.0380. The van der Waals surface area contributed by atoms with Crippen molar-refractivity contribution in [3.8, 4) is 17.2 Å². The molecule has 8 nitrogen and oxygen atoms in total. The van der Waals surface area contributed by atoms with Crippen LogP contribution in [0.1, 0.15) is 44.0 Å². The summed E-state index contributed by atoms with van der Waals surface area (Å²) in [6.45, 7) is 6.59. The molecule has 156 valence electrons. The van der Waals surface area contributed by atoms with Gasteiger partial charge in [0.25, 0.3) is 5.91 Å². The smallest absolute Gasteiger partial charge is 0.410 e. The van der Waals surface area contributed by atoms with E-state index < -0.39 is 5.60 Å². The first-order chi connectivity index (χ1) is 13.2. The molecule has 0 saturated carbocycles. The summed E-state index contributed by atoms with van der Waals surface area (Å²) in [6.07, 6.45) is 0.986. The molecule has 1 aliphatic rings. The largest absolute Gasteiger partial charge is 0.496 e. The van der Waals surface area contributed by atoms with E-state index in [0.29, 0.717) is 48.7 Å². The molecule has 8 heteroatoms. The number of nitrogens with zero attached hydrogens (tertiary/aromatic N) is 1. The third-order valence-corrected chi connectivity index (χ3v) is 4.43. The average molecular weight is 394 g/mol. The SMILES string of the molecule is COc1cc(OC)c(C(=O)NC2CCN(C(=O)OC(C)(C)C)CC2)cc1OC. The van der Waals surface area contributed by atoms with Crippen LogP contribution in [0.4, 0.5) is 4.79 Å². The number of rotatable bonds is 5. The predicted molar refractivity (Wildman–Crippen MR) is 104 cm³/mol. The van der Waals surface area contributed by atoms with E-state index >= 15 is 0 Å². The van der Waals surface area contributed by atoms with E-state index in [-0.39, 0.29) is 18.0 Å². The van der Waals surface area contributed by atoms with E-state index in [4.69, 9.17) is 18.9 Å². The molecule has 0 radical (unpaired) electrons. The lowest BCUT2D eigenvalue weighted by atomic mass is 10.0. The minimum Gasteiger partial charge on any atom is -0.496 e.